The van der Waals surface area contributed by atoms with Gasteiger partial charge in [0, 0.05) is 4.90 Å². The molecule has 0 radical (unpaired) electrons. The Morgan fingerprint density at radius 2 is 1.79 bits per heavy atom. The zero-order valence-corrected chi connectivity index (χ0v) is 15.1. The first-order valence-electron chi connectivity index (χ1n) is 8.16. The summed E-state index contributed by atoms with van der Waals surface area (Å²) in [5, 5.41) is 8.98. The van der Waals surface area contributed by atoms with Crippen molar-refractivity contribution in [1.82, 2.24) is 0 Å². The fourth-order valence-electron chi connectivity index (χ4n) is 3.04. The average molecular weight is 338 g/mol. The molecule has 1 aliphatic rings. The Morgan fingerprint density at radius 1 is 1.12 bits per heavy atom. The Hall–Kier alpha value is -2.00. The summed E-state index contributed by atoms with van der Waals surface area (Å²) in [4.78, 5) is 12.3. The van der Waals surface area contributed by atoms with Crippen molar-refractivity contribution < 1.29 is 9.90 Å². The number of allylic oxidation sites excluding steroid dienone is 1. The summed E-state index contributed by atoms with van der Waals surface area (Å²) >= 11 is 1.94. The topological polar surface area (TPSA) is 37.3 Å². The third-order valence-electron chi connectivity index (χ3n) is 4.69. The quantitative estimate of drug-likeness (QED) is 0.727. The zero-order valence-electron chi connectivity index (χ0n) is 14.3. The maximum absolute atomic E-state index is 10.9. The van der Waals surface area contributed by atoms with Crippen LogP contribution in [-0.2, 0) is 5.41 Å². The lowest BCUT2D eigenvalue weighted by molar-refractivity contribution is 0.0697. The van der Waals surface area contributed by atoms with E-state index < -0.39 is 5.97 Å². The summed E-state index contributed by atoms with van der Waals surface area (Å²) < 4.78 is 0. The number of aromatic carboxylic acids is 1. The first kappa shape index (κ1) is 16.8. The van der Waals surface area contributed by atoms with Gasteiger partial charge in [-0.05, 0) is 71.0 Å². The summed E-state index contributed by atoms with van der Waals surface area (Å²) in [5.41, 5.74) is 5.41. The predicted molar refractivity (Wildman–Crippen MR) is 102 cm³/mol. The summed E-state index contributed by atoms with van der Waals surface area (Å²) in [5.74, 6) is 0.293. The van der Waals surface area contributed by atoms with E-state index in [1.165, 1.54) is 33.8 Å². The van der Waals surface area contributed by atoms with Gasteiger partial charge in [0.1, 0.15) is 0 Å². The second kappa shape index (κ2) is 6.48. The van der Waals surface area contributed by atoms with Crippen molar-refractivity contribution in [3.8, 4) is 0 Å². The minimum atomic E-state index is -0.892. The molecule has 2 nitrogen and oxygen atoms in total. The molecule has 124 valence electrons. The molecule has 0 aliphatic carbocycles. The molecule has 1 heterocycles. The molecule has 24 heavy (non-hydrogen) atoms. The second-order valence-electron chi connectivity index (χ2n) is 6.95. The lowest BCUT2D eigenvalue weighted by Crippen LogP contribution is -2.22. The second-order valence-corrected chi connectivity index (χ2v) is 8.08. The van der Waals surface area contributed by atoms with Gasteiger partial charge in [0.05, 0.1) is 5.56 Å². The molecular weight excluding hydrogens is 316 g/mol. The molecule has 0 atom stereocenters. The Morgan fingerprint density at radius 3 is 2.46 bits per heavy atom. The number of thioether (sulfide) groups is 1. The number of benzene rings is 2. The standard InChI is InChI=1S/C21H22O2S/c1-14(12-15-4-6-16(7-5-15)20(22)23)17-8-9-19-18(13-17)21(2,3)10-11-24-19/h4-9,12-13H,10-11H2,1-3H3,(H,22,23)/b14-12+. The van der Waals surface area contributed by atoms with E-state index in [1.807, 2.05) is 23.9 Å². The summed E-state index contributed by atoms with van der Waals surface area (Å²) in [6.45, 7) is 6.74. The van der Waals surface area contributed by atoms with Gasteiger partial charge in [-0.2, -0.15) is 0 Å². The molecule has 3 rings (SSSR count). The molecule has 0 bridgehead atoms. The van der Waals surface area contributed by atoms with Crippen LogP contribution in [0.3, 0.4) is 0 Å². The van der Waals surface area contributed by atoms with Crippen molar-refractivity contribution >= 4 is 29.4 Å². The number of fused-ring (bicyclic) bond motifs is 1. The number of carbonyl (C=O) groups is 1. The summed E-state index contributed by atoms with van der Waals surface area (Å²) in [6, 6.07) is 13.7. The van der Waals surface area contributed by atoms with Gasteiger partial charge < -0.3 is 5.11 Å². The Balaban J connectivity index is 1.92. The van der Waals surface area contributed by atoms with Crippen LogP contribution in [0.15, 0.2) is 47.4 Å². The van der Waals surface area contributed by atoms with Crippen molar-refractivity contribution in [3.63, 3.8) is 0 Å². The largest absolute Gasteiger partial charge is 0.478 e. The molecule has 0 aromatic heterocycles. The molecule has 0 spiro atoms. The van der Waals surface area contributed by atoms with Crippen LogP contribution in [0.4, 0.5) is 0 Å². The highest BCUT2D eigenvalue weighted by Crippen LogP contribution is 2.42. The van der Waals surface area contributed by atoms with Gasteiger partial charge in [-0.25, -0.2) is 4.79 Å². The van der Waals surface area contributed by atoms with E-state index in [2.05, 4.69) is 45.0 Å². The van der Waals surface area contributed by atoms with Gasteiger partial charge in [0.2, 0.25) is 0 Å². The summed E-state index contributed by atoms with van der Waals surface area (Å²) in [6.07, 6.45) is 3.31. The maximum Gasteiger partial charge on any atom is 0.335 e. The average Bonchev–Trinajstić information content (AvgIpc) is 2.55. The molecule has 0 saturated heterocycles. The van der Waals surface area contributed by atoms with Crippen molar-refractivity contribution in [2.24, 2.45) is 0 Å². The molecule has 0 saturated carbocycles. The third-order valence-corrected chi connectivity index (χ3v) is 5.76. The predicted octanol–water partition coefficient (Wildman–Crippen LogP) is 5.72. The first-order valence-corrected chi connectivity index (χ1v) is 9.15. The molecule has 1 N–H and O–H groups in total. The van der Waals surface area contributed by atoms with Gasteiger partial charge in [-0.1, -0.05) is 38.1 Å². The Bertz CT molecular complexity index is 801. The molecule has 3 heteroatoms. The third kappa shape index (κ3) is 3.41. The fraction of sp³-hybridized carbons (Fsp3) is 0.286. The van der Waals surface area contributed by atoms with Crippen LogP contribution in [0.2, 0.25) is 0 Å². The van der Waals surface area contributed by atoms with Gasteiger partial charge in [0.25, 0.3) is 0 Å². The minimum absolute atomic E-state index is 0.222. The Labute approximate surface area is 147 Å². The van der Waals surface area contributed by atoms with Gasteiger partial charge in [0.15, 0.2) is 0 Å². The van der Waals surface area contributed by atoms with E-state index in [1.54, 1.807) is 12.1 Å². The van der Waals surface area contributed by atoms with E-state index in [0.717, 1.165) is 5.56 Å². The highest BCUT2D eigenvalue weighted by Gasteiger charge is 2.27. The Kier molecular flexibility index (Phi) is 4.55. The summed E-state index contributed by atoms with van der Waals surface area (Å²) in [7, 11) is 0. The smallest absolute Gasteiger partial charge is 0.335 e. The van der Waals surface area contributed by atoms with Crippen molar-refractivity contribution in [3.05, 3.63) is 64.7 Å². The lowest BCUT2D eigenvalue weighted by Gasteiger charge is -2.32. The van der Waals surface area contributed by atoms with Crippen LogP contribution in [0.25, 0.3) is 11.6 Å². The van der Waals surface area contributed by atoms with Crippen LogP contribution < -0.4 is 0 Å². The SMILES string of the molecule is C/C(=C\c1ccc(C(=O)O)cc1)c1ccc2c(c1)C(C)(C)CCS2. The molecule has 2 aromatic rings. The van der Waals surface area contributed by atoms with Crippen LogP contribution in [0, 0.1) is 0 Å². The number of carboxylic acid groups (broad SMARTS) is 1. The first-order chi connectivity index (χ1) is 11.4. The lowest BCUT2D eigenvalue weighted by atomic mass is 9.80. The van der Waals surface area contributed by atoms with E-state index in [-0.39, 0.29) is 5.41 Å². The number of carboxylic acids is 1. The van der Waals surface area contributed by atoms with Gasteiger partial charge >= 0.3 is 5.97 Å². The highest BCUT2D eigenvalue weighted by atomic mass is 32.2. The molecule has 0 fully saturated rings. The number of hydrogen-bond donors (Lipinski definition) is 1. The van der Waals surface area contributed by atoms with Crippen LogP contribution in [-0.4, -0.2) is 16.8 Å². The van der Waals surface area contributed by atoms with E-state index >= 15 is 0 Å². The van der Waals surface area contributed by atoms with Crippen LogP contribution in [0.1, 0.15) is 54.2 Å². The van der Waals surface area contributed by atoms with Crippen molar-refractivity contribution in [2.45, 2.75) is 37.5 Å². The number of hydrogen-bond acceptors (Lipinski definition) is 2. The molecule has 1 aliphatic heterocycles. The van der Waals surface area contributed by atoms with E-state index in [0.29, 0.717) is 5.56 Å². The van der Waals surface area contributed by atoms with E-state index in [4.69, 9.17) is 5.11 Å². The monoisotopic (exact) mass is 338 g/mol. The minimum Gasteiger partial charge on any atom is -0.478 e. The maximum atomic E-state index is 10.9. The van der Waals surface area contributed by atoms with Crippen molar-refractivity contribution in [2.75, 3.05) is 5.75 Å². The van der Waals surface area contributed by atoms with Crippen LogP contribution in [0.5, 0.6) is 0 Å². The molecule has 0 amide bonds. The van der Waals surface area contributed by atoms with Gasteiger partial charge in [-0.15, -0.1) is 11.8 Å². The molecule has 0 unspecified atom stereocenters. The van der Waals surface area contributed by atoms with Crippen LogP contribution >= 0.6 is 11.8 Å². The highest BCUT2D eigenvalue weighted by molar-refractivity contribution is 7.99. The van der Waals surface area contributed by atoms with Gasteiger partial charge in [-0.3, -0.25) is 0 Å². The fourth-order valence-corrected chi connectivity index (χ4v) is 4.52. The number of rotatable bonds is 3. The normalized spacial score (nSPS) is 16.5. The molecular formula is C21H22O2S. The zero-order chi connectivity index (χ0) is 17.3. The van der Waals surface area contributed by atoms with Crippen molar-refractivity contribution in [1.29, 1.82) is 0 Å². The molecule has 2 aromatic carbocycles. The van der Waals surface area contributed by atoms with E-state index in [9.17, 15) is 4.79 Å².